The number of aliphatic hydroxyl groups excluding tert-OH is 2. The van der Waals surface area contributed by atoms with Crippen molar-refractivity contribution in [2.24, 2.45) is 17.8 Å². The molecule has 1 saturated carbocycles. The second kappa shape index (κ2) is 12.5. The average Bonchev–Trinajstić information content (AvgIpc) is 3.18. The monoisotopic (exact) mass is 480 g/mol. The molecule has 190 valence electrons. The smallest absolute Gasteiger partial charge is 0.344 e. The van der Waals surface area contributed by atoms with E-state index in [2.05, 4.69) is 13.0 Å². The molecule has 0 aliphatic heterocycles. The van der Waals surface area contributed by atoms with Crippen molar-refractivity contribution >= 4 is 5.97 Å². The van der Waals surface area contributed by atoms with Gasteiger partial charge in [-0.1, -0.05) is 68.7 Å². The molecule has 2 aromatic rings. The third-order valence-electron chi connectivity index (χ3n) is 7.91. The van der Waals surface area contributed by atoms with Crippen molar-refractivity contribution in [2.45, 2.75) is 83.5 Å². The summed E-state index contributed by atoms with van der Waals surface area (Å²) in [4.78, 5) is 12.2. The lowest BCUT2D eigenvalue weighted by molar-refractivity contribution is -0.147. The van der Waals surface area contributed by atoms with Crippen molar-refractivity contribution in [1.29, 1.82) is 0 Å². The number of aliphatic hydroxyl groups is 2. The normalized spacial score (nSPS) is 23.9. The highest BCUT2D eigenvalue weighted by Gasteiger charge is 2.44. The molecule has 1 fully saturated rings. The zero-order valence-electron chi connectivity index (χ0n) is 20.9. The van der Waals surface area contributed by atoms with E-state index < -0.39 is 0 Å². The molecule has 2 aliphatic carbocycles. The molecule has 2 aromatic carbocycles. The number of hydrogen-bond acceptors (Lipinski definition) is 5. The van der Waals surface area contributed by atoms with Gasteiger partial charge in [-0.05, 0) is 79.0 Å². The molecule has 0 bridgehead atoms. The average molecular weight is 481 g/mol. The lowest BCUT2D eigenvalue weighted by atomic mass is 9.73. The number of rotatable bonds is 12. The quantitative estimate of drug-likeness (QED) is 0.321. The van der Waals surface area contributed by atoms with Crippen molar-refractivity contribution in [3.8, 4) is 5.75 Å². The van der Waals surface area contributed by atoms with Gasteiger partial charge in [0.2, 0.25) is 0 Å². The van der Waals surface area contributed by atoms with Gasteiger partial charge in [0.25, 0.3) is 0 Å². The Balaban J connectivity index is 1.31. The zero-order valence-corrected chi connectivity index (χ0v) is 20.9. The third-order valence-corrected chi connectivity index (χ3v) is 7.91. The highest BCUT2D eigenvalue weighted by Crippen LogP contribution is 2.48. The van der Waals surface area contributed by atoms with Gasteiger partial charge in [0.05, 0.1) is 12.2 Å². The molecule has 1 unspecified atom stereocenters. The maximum absolute atomic E-state index is 12.2. The van der Waals surface area contributed by atoms with Gasteiger partial charge in [-0.2, -0.15) is 0 Å². The Kier molecular flexibility index (Phi) is 9.22. The largest absolute Gasteiger partial charge is 0.482 e. The Hall–Kier alpha value is -2.37. The molecular formula is C30H40O5. The van der Waals surface area contributed by atoms with Crippen LogP contribution in [-0.2, 0) is 29.0 Å². The number of benzene rings is 2. The van der Waals surface area contributed by atoms with Crippen LogP contribution in [0.5, 0.6) is 5.75 Å². The van der Waals surface area contributed by atoms with Gasteiger partial charge in [-0.3, -0.25) is 0 Å². The van der Waals surface area contributed by atoms with Crippen molar-refractivity contribution in [3.63, 3.8) is 0 Å². The predicted octanol–water partition coefficient (Wildman–Crippen LogP) is 5.24. The summed E-state index contributed by atoms with van der Waals surface area (Å²) in [6.07, 6.45) is 7.94. The first-order valence-electron chi connectivity index (χ1n) is 13.3. The molecule has 0 aromatic heterocycles. The summed E-state index contributed by atoms with van der Waals surface area (Å²) in [6.45, 7) is 2.31. The zero-order chi connectivity index (χ0) is 24.6. The van der Waals surface area contributed by atoms with Crippen LogP contribution in [-0.4, -0.2) is 35.0 Å². The van der Waals surface area contributed by atoms with Gasteiger partial charge >= 0.3 is 5.97 Å². The summed E-state index contributed by atoms with van der Waals surface area (Å²) < 4.78 is 11.3. The van der Waals surface area contributed by atoms with E-state index in [1.165, 1.54) is 12.0 Å². The Morgan fingerprint density at radius 3 is 2.69 bits per heavy atom. The van der Waals surface area contributed by atoms with Crippen LogP contribution in [0, 0.1) is 17.8 Å². The van der Waals surface area contributed by atoms with E-state index in [9.17, 15) is 15.0 Å². The molecule has 2 N–H and O–H groups in total. The summed E-state index contributed by atoms with van der Waals surface area (Å²) >= 11 is 0. The van der Waals surface area contributed by atoms with E-state index in [0.29, 0.717) is 11.8 Å². The number of esters is 1. The number of fused-ring (bicyclic) bond motifs is 2. The van der Waals surface area contributed by atoms with Gasteiger partial charge < -0.3 is 19.7 Å². The third kappa shape index (κ3) is 6.86. The maximum Gasteiger partial charge on any atom is 0.344 e. The summed E-state index contributed by atoms with van der Waals surface area (Å²) in [7, 11) is 0. The molecule has 35 heavy (non-hydrogen) atoms. The first-order chi connectivity index (χ1) is 17.0. The van der Waals surface area contributed by atoms with Gasteiger partial charge in [-0.15, -0.1) is 0 Å². The fraction of sp³-hybridized carbons (Fsp3) is 0.567. The number of hydrogen-bond donors (Lipinski definition) is 2. The van der Waals surface area contributed by atoms with E-state index in [0.717, 1.165) is 68.2 Å². The van der Waals surface area contributed by atoms with Crippen molar-refractivity contribution in [2.75, 3.05) is 6.61 Å². The van der Waals surface area contributed by atoms with Crippen LogP contribution in [0.4, 0.5) is 0 Å². The molecule has 2 aliphatic rings. The van der Waals surface area contributed by atoms with Crippen LogP contribution >= 0.6 is 0 Å². The second-order valence-electron chi connectivity index (χ2n) is 10.4. The Bertz CT molecular complexity index is 943. The molecule has 5 nitrogen and oxygen atoms in total. The Morgan fingerprint density at radius 1 is 1.06 bits per heavy atom. The van der Waals surface area contributed by atoms with E-state index in [1.54, 1.807) is 0 Å². The van der Waals surface area contributed by atoms with Crippen LogP contribution in [0.2, 0.25) is 0 Å². The minimum atomic E-state index is -0.381. The van der Waals surface area contributed by atoms with Crippen molar-refractivity contribution in [1.82, 2.24) is 0 Å². The molecule has 0 heterocycles. The minimum absolute atomic E-state index is 0.113. The SMILES string of the molecule is CCCCC[C@H](O)CC[C@H]1C(O)C[C@@H]2Cc3c(cccc3OCC(=O)OCc3ccccc3)C[C@@H]21. The van der Waals surface area contributed by atoms with E-state index in [4.69, 9.17) is 9.47 Å². The van der Waals surface area contributed by atoms with Gasteiger partial charge in [0.15, 0.2) is 6.61 Å². The Morgan fingerprint density at radius 2 is 1.89 bits per heavy atom. The second-order valence-corrected chi connectivity index (χ2v) is 10.4. The number of carbonyl (C=O) groups excluding carboxylic acids is 1. The van der Waals surface area contributed by atoms with E-state index in [1.807, 2.05) is 42.5 Å². The van der Waals surface area contributed by atoms with Crippen molar-refractivity contribution < 1.29 is 24.5 Å². The first-order valence-corrected chi connectivity index (χ1v) is 13.3. The molecule has 0 saturated heterocycles. The van der Waals surface area contributed by atoms with Gasteiger partial charge in [-0.25, -0.2) is 4.79 Å². The topological polar surface area (TPSA) is 76.0 Å². The van der Waals surface area contributed by atoms with E-state index >= 15 is 0 Å². The summed E-state index contributed by atoms with van der Waals surface area (Å²) in [6, 6.07) is 15.7. The summed E-state index contributed by atoms with van der Waals surface area (Å²) in [5, 5.41) is 21.2. The lowest BCUT2D eigenvalue weighted by Crippen LogP contribution is -2.28. The molecule has 5 heteroatoms. The number of carbonyl (C=O) groups is 1. The maximum atomic E-state index is 12.2. The highest BCUT2D eigenvalue weighted by atomic mass is 16.6. The van der Waals surface area contributed by atoms with Crippen LogP contribution < -0.4 is 4.74 Å². The van der Waals surface area contributed by atoms with Crippen LogP contribution in [0.3, 0.4) is 0 Å². The number of ether oxygens (including phenoxy) is 2. The molecule has 5 atom stereocenters. The highest BCUT2D eigenvalue weighted by molar-refractivity contribution is 5.71. The number of unbranched alkanes of at least 4 members (excludes halogenated alkanes) is 2. The molecule has 0 radical (unpaired) electrons. The van der Waals surface area contributed by atoms with Crippen molar-refractivity contribution in [3.05, 3.63) is 65.2 Å². The fourth-order valence-corrected chi connectivity index (χ4v) is 6.01. The summed E-state index contributed by atoms with van der Waals surface area (Å²) in [5.41, 5.74) is 3.37. The van der Waals surface area contributed by atoms with Crippen LogP contribution in [0.25, 0.3) is 0 Å². The first kappa shape index (κ1) is 25.7. The van der Waals surface area contributed by atoms with Crippen LogP contribution in [0.15, 0.2) is 48.5 Å². The predicted molar refractivity (Wildman–Crippen MR) is 136 cm³/mol. The molecule has 4 rings (SSSR count). The standard InChI is InChI=1S/C30H40O5/c1-2-3-5-12-24(31)14-15-25-26-16-22-11-8-13-29(27(22)17-23(26)18-28(25)32)34-20-30(33)35-19-21-9-6-4-7-10-21/h4,6-11,13,23-26,28,31-32H,2-3,5,12,14-20H2,1H3/t23-,24-,25+,26-,28?/m0/s1. The van der Waals surface area contributed by atoms with Crippen LogP contribution in [0.1, 0.15) is 68.6 Å². The summed E-state index contributed by atoms with van der Waals surface area (Å²) in [5.74, 6) is 1.46. The molecular weight excluding hydrogens is 440 g/mol. The van der Waals surface area contributed by atoms with E-state index in [-0.39, 0.29) is 37.3 Å². The van der Waals surface area contributed by atoms with Gasteiger partial charge in [0.1, 0.15) is 12.4 Å². The molecule has 0 spiro atoms. The lowest BCUT2D eigenvalue weighted by Gasteiger charge is -2.32. The van der Waals surface area contributed by atoms with Gasteiger partial charge in [0, 0.05) is 0 Å². The Labute approximate surface area is 209 Å². The minimum Gasteiger partial charge on any atom is -0.482 e. The molecule has 0 amide bonds. The fourth-order valence-electron chi connectivity index (χ4n) is 6.01.